The summed E-state index contributed by atoms with van der Waals surface area (Å²) in [4.78, 5) is 0.325. The highest BCUT2D eigenvalue weighted by molar-refractivity contribution is 7.90. The van der Waals surface area contributed by atoms with E-state index in [4.69, 9.17) is 4.74 Å². The number of hydrogen-bond donors (Lipinski definition) is 0. The molecule has 1 rings (SSSR count). The molecule has 0 aromatic heterocycles. The van der Waals surface area contributed by atoms with Crippen LogP contribution in [0.15, 0.2) is 41.5 Å². The Hall–Kier alpha value is -1.29. The molecule has 4 heteroatoms. The van der Waals surface area contributed by atoms with Gasteiger partial charge in [0.1, 0.15) is 0 Å². The summed E-state index contributed by atoms with van der Waals surface area (Å²) in [7, 11) is -1.55. The minimum Gasteiger partial charge on any atom is -0.501 e. The number of hydrogen-bond acceptors (Lipinski definition) is 3. The van der Waals surface area contributed by atoms with Crippen molar-refractivity contribution in [3.8, 4) is 0 Å². The molecule has 0 aliphatic heterocycles. The number of benzene rings is 1. The molecular weight excluding hydrogens is 224 g/mol. The summed E-state index contributed by atoms with van der Waals surface area (Å²) in [5.41, 5.74) is 0.985. The maximum atomic E-state index is 11.3. The van der Waals surface area contributed by atoms with Gasteiger partial charge in [-0.05, 0) is 17.7 Å². The molecule has 0 heterocycles. The Morgan fingerprint density at radius 2 is 1.81 bits per heavy atom. The van der Waals surface area contributed by atoms with Gasteiger partial charge in [-0.2, -0.15) is 0 Å². The second-order valence-corrected chi connectivity index (χ2v) is 5.75. The van der Waals surface area contributed by atoms with Gasteiger partial charge in [-0.25, -0.2) is 8.42 Å². The maximum absolute atomic E-state index is 11.3. The van der Waals surface area contributed by atoms with Crippen molar-refractivity contribution >= 4 is 9.84 Å². The average molecular weight is 240 g/mol. The molecular formula is C12H16O3S. The first kappa shape index (κ1) is 12.8. The van der Waals surface area contributed by atoms with E-state index in [0.29, 0.717) is 10.7 Å². The third-order valence-corrected chi connectivity index (χ3v) is 3.68. The number of allylic oxidation sites excluding steroid dienone is 1. The van der Waals surface area contributed by atoms with Gasteiger partial charge >= 0.3 is 0 Å². The Balaban J connectivity index is 3.00. The molecule has 16 heavy (non-hydrogen) atoms. The van der Waals surface area contributed by atoms with E-state index in [9.17, 15) is 8.42 Å². The third-order valence-electron chi connectivity index (χ3n) is 2.55. The molecule has 88 valence electrons. The molecule has 0 N–H and O–H groups in total. The van der Waals surface area contributed by atoms with Crippen molar-refractivity contribution in [3.63, 3.8) is 0 Å². The van der Waals surface area contributed by atoms with Crippen LogP contribution in [0.4, 0.5) is 0 Å². The van der Waals surface area contributed by atoms with E-state index >= 15 is 0 Å². The van der Waals surface area contributed by atoms with Gasteiger partial charge in [0.05, 0.1) is 17.8 Å². The Morgan fingerprint density at radius 1 is 1.31 bits per heavy atom. The summed E-state index contributed by atoms with van der Waals surface area (Å²) in [6.45, 7) is 5.74. The molecule has 3 nitrogen and oxygen atoms in total. The minimum atomic E-state index is -3.12. The van der Waals surface area contributed by atoms with E-state index in [1.54, 1.807) is 31.4 Å². The van der Waals surface area contributed by atoms with E-state index in [2.05, 4.69) is 6.58 Å². The first-order chi connectivity index (χ1) is 7.36. The minimum absolute atomic E-state index is 0.0543. The van der Waals surface area contributed by atoms with Crippen LogP contribution < -0.4 is 0 Å². The standard InChI is InChI=1S/C12H16O3S/c1-9(10(2)15-3)11-5-7-12(8-6-11)16(4,13)14/h5-9H,2H2,1,3-4H3. The van der Waals surface area contributed by atoms with Crippen molar-refractivity contribution in [1.82, 2.24) is 0 Å². The van der Waals surface area contributed by atoms with E-state index in [0.717, 1.165) is 5.56 Å². The lowest BCUT2D eigenvalue weighted by molar-refractivity contribution is 0.270. The zero-order chi connectivity index (χ0) is 12.3. The summed E-state index contributed by atoms with van der Waals surface area (Å²) in [6, 6.07) is 6.77. The molecule has 0 radical (unpaired) electrons. The van der Waals surface area contributed by atoms with Gasteiger partial charge in [-0.1, -0.05) is 25.6 Å². The first-order valence-corrected chi connectivity index (χ1v) is 6.78. The van der Waals surface area contributed by atoms with Crippen molar-refractivity contribution < 1.29 is 13.2 Å². The zero-order valence-electron chi connectivity index (χ0n) is 9.73. The fourth-order valence-corrected chi connectivity index (χ4v) is 2.00. The van der Waals surface area contributed by atoms with Crippen LogP contribution in [0.3, 0.4) is 0 Å². The van der Waals surface area contributed by atoms with Gasteiger partial charge in [0.2, 0.25) is 0 Å². The molecule has 1 unspecified atom stereocenters. The van der Waals surface area contributed by atoms with Crippen molar-refractivity contribution in [2.24, 2.45) is 0 Å². The second-order valence-electron chi connectivity index (χ2n) is 3.73. The monoisotopic (exact) mass is 240 g/mol. The molecule has 0 saturated heterocycles. The van der Waals surface area contributed by atoms with Crippen molar-refractivity contribution in [3.05, 3.63) is 42.2 Å². The largest absolute Gasteiger partial charge is 0.501 e. The lowest BCUT2D eigenvalue weighted by Gasteiger charge is -2.14. The quantitative estimate of drug-likeness (QED) is 0.759. The molecule has 0 spiro atoms. The van der Waals surface area contributed by atoms with Crippen LogP contribution in [-0.4, -0.2) is 21.8 Å². The molecule has 1 atom stereocenters. The van der Waals surface area contributed by atoms with Crippen LogP contribution in [0.1, 0.15) is 18.4 Å². The SMILES string of the molecule is C=C(OC)C(C)c1ccc(S(C)(=O)=O)cc1. The highest BCUT2D eigenvalue weighted by Crippen LogP contribution is 2.23. The number of sulfone groups is 1. The molecule has 0 bridgehead atoms. The normalized spacial score (nSPS) is 13.2. The highest BCUT2D eigenvalue weighted by atomic mass is 32.2. The van der Waals surface area contributed by atoms with E-state index < -0.39 is 9.84 Å². The van der Waals surface area contributed by atoms with Gasteiger partial charge in [-0.15, -0.1) is 0 Å². The molecule has 0 fully saturated rings. The van der Waals surface area contributed by atoms with Crippen LogP contribution in [-0.2, 0) is 14.6 Å². The van der Waals surface area contributed by atoms with Gasteiger partial charge < -0.3 is 4.74 Å². The summed E-state index contributed by atoms with van der Waals surface area (Å²) in [5.74, 6) is 0.714. The predicted molar refractivity (Wildman–Crippen MR) is 64.1 cm³/mol. The third kappa shape index (κ3) is 2.85. The molecule has 0 aliphatic rings. The maximum Gasteiger partial charge on any atom is 0.175 e. The smallest absolute Gasteiger partial charge is 0.175 e. The van der Waals surface area contributed by atoms with Gasteiger partial charge in [-0.3, -0.25) is 0 Å². The number of ether oxygens (including phenoxy) is 1. The molecule has 0 aliphatic carbocycles. The highest BCUT2D eigenvalue weighted by Gasteiger charge is 2.11. The summed E-state index contributed by atoms with van der Waals surface area (Å²) in [5, 5.41) is 0. The van der Waals surface area contributed by atoms with Crippen LogP contribution in [0.2, 0.25) is 0 Å². The average Bonchev–Trinajstić information content (AvgIpc) is 2.26. The lowest BCUT2D eigenvalue weighted by atomic mass is 10.00. The topological polar surface area (TPSA) is 43.4 Å². The Morgan fingerprint density at radius 3 is 2.19 bits per heavy atom. The summed E-state index contributed by atoms with van der Waals surface area (Å²) >= 11 is 0. The van der Waals surface area contributed by atoms with Crippen LogP contribution in [0.5, 0.6) is 0 Å². The van der Waals surface area contributed by atoms with E-state index in [-0.39, 0.29) is 5.92 Å². The summed E-state index contributed by atoms with van der Waals surface area (Å²) in [6.07, 6.45) is 1.19. The molecule has 0 saturated carbocycles. The molecule has 1 aromatic carbocycles. The second kappa shape index (κ2) is 4.70. The fraction of sp³-hybridized carbons (Fsp3) is 0.333. The zero-order valence-corrected chi connectivity index (χ0v) is 10.5. The Bertz CT molecular complexity index is 471. The first-order valence-electron chi connectivity index (χ1n) is 4.89. The molecule has 0 amide bonds. The van der Waals surface area contributed by atoms with Gasteiger partial charge in [0, 0.05) is 12.2 Å². The Labute approximate surface area is 96.7 Å². The molecule has 1 aromatic rings. The number of rotatable bonds is 4. The van der Waals surface area contributed by atoms with Crippen LogP contribution in [0, 0.1) is 0 Å². The van der Waals surface area contributed by atoms with Crippen molar-refractivity contribution in [2.75, 3.05) is 13.4 Å². The fourth-order valence-electron chi connectivity index (χ4n) is 1.37. The van der Waals surface area contributed by atoms with Gasteiger partial charge in [0.15, 0.2) is 9.84 Å². The van der Waals surface area contributed by atoms with Crippen molar-refractivity contribution in [2.45, 2.75) is 17.7 Å². The van der Waals surface area contributed by atoms with Crippen LogP contribution in [0.25, 0.3) is 0 Å². The lowest BCUT2D eigenvalue weighted by Crippen LogP contribution is -2.01. The van der Waals surface area contributed by atoms with E-state index in [1.807, 2.05) is 6.92 Å². The Kier molecular flexibility index (Phi) is 3.75. The predicted octanol–water partition coefficient (Wildman–Crippen LogP) is 2.35. The summed E-state index contributed by atoms with van der Waals surface area (Å²) < 4.78 is 27.6. The van der Waals surface area contributed by atoms with Crippen molar-refractivity contribution in [1.29, 1.82) is 0 Å². The van der Waals surface area contributed by atoms with Crippen LogP contribution >= 0.6 is 0 Å². The van der Waals surface area contributed by atoms with E-state index in [1.165, 1.54) is 6.26 Å². The number of methoxy groups -OCH3 is 1. The van der Waals surface area contributed by atoms with Gasteiger partial charge in [0.25, 0.3) is 0 Å².